The van der Waals surface area contributed by atoms with Crippen molar-refractivity contribution in [3.63, 3.8) is 0 Å². The Balaban J connectivity index is 1.56. The lowest BCUT2D eigenvalue weighted by molar-refractivity contribution is 0.100. The maximum Gasteiger partial charge on any atom is 0.255 e. The molecule has 2 aliphatic rings. The van der Waals surface area contributed by atoms with Crippen LogP contribution < -0.4 is 16.4 Å². The van der Waals surface area contributed by atoms with Crippen molar-refractivity contribution in [1.82, 2.24) is 24.6 Å². The van der Waals surface area contributed by atoms with Crippen molar-refractivity contribution in [2.45, 2.75) is 24.9 Å². The van der Waals surface area contributed by atoms with Crippen LogP contribution in [0.15, 0.2) is 18.5 Å². The fourth-order valence-electron chi connectivity index (χ4n) is 3.62. The average molecular weight is 393 g/mol. The van der Waals surface area contributed by atoms with Crippen LogP contribution in [0.4, 0.5) is 10.2 Å². The number of rotatable bonds is 4. The highest BCUT2D eigenvalue weighted by Gasteiger charge is 2.28. The zero-order chi connectivity index (χ0) is 20.1. The highest BCUT2D eigenvalue weighted by Crippen LogP contribution is 2.37. The molecule has 0 radical (unpaired) electrons. The molecule has 1 saturated carbocycles. The van der Waals surface area contributed by atoms with E-state index < -0.39 is 11.7 Å². The number of carbonyl (C=O) groups is 1. The summed E-state index contributed by atoms with van der Waals surface area (Å²) >= 11 is 0. The number of halogens is 1. The summed E-state index contributed by atoms with van der Waals surface area (Å²) in [7, 11) is 1.70. The minimum Gasteiger partial charge on any atom is -0.373 e. The number of nitrogens with one attached hydrogen (secondary N) is 2. The third kappa shape index (κ3) is 2.93. The Kier molecular flexibility index (Phi) is 4.03. The zero-order valence-electron chi connectivity index (χ0n) is 15.9. The molecule has 4 N–H and O–H groups in total. The van der Waals surface area contributed by atoms with Crippen LogP contribution in [0.1, 0.15) is 46.5 Å². The summed E-state index contributed by atoms with van der Waals surface area (Å²) in [6.07, 6.45) is 3.94. The fourth-order valence-corrected chi connectivity index (χ4v) is 3.62. The number of nitrogens with two attached hydrogens (primary N) is 1. The van der Waals surface area contributed by atoms with Crippen molar-refractivity contribution in [3.8, 4) is 11.8 Å². The molecule has 0 unspecified atom stereocenters. The molecule has 1 aromatic carbocycles. The molecule has 3 heterocycles. The molecule has 8 nitrogen and oxygen atoms in total. The van der Waals surface area contributed by atoms with Gasteiger partial charge in [-0.05, 0) is 24.8 Å². The molecular formula is C20H20FN7O. The Morgan fingerprint density at radius 1 is 1.31 bits per heavy atom. The van der Waals surface area contributed by atoms with Gasteiger partial charge in [0.1, 0.15) is 17.2 Å². The Morgan fingerprint density at radius 3 is 2.72 bits per heavy atom. The first-order chi connectivity index (χ1) is 14.1. The number of imidazole rings is 1. The number of fused-ring (bicyclic) bond motifs is 1. The van der Waals surface area contributed by atoms with Gasteiger partial charge in [-0.25, -0.2) is 14.1 Å². The number of hydrogen-bond acceptors (Lipinski definition) is 5. The van der Waals surface area contributed by atoms with E-state index in [9.17, 15) is 9.18 Å². The van der Waals surface area contributed by atoms with Crippen molar-refractivity contribution < 1.29 is 9.18 Å². The third-order valence-electron chi connectivity index (χ3n) is 5.42. The van der Waals surface area contributed by atoms with Crippen LogP contribution >= 0.6 is 0 Å². The van der Waals surface area contributed by atoms with Crippen LogP contribution in [0.2, 0.25) is 0 Å². The Morgan fingerprint density at radius 2 is 2.10 bits per heavy atom. The molecular weight excluding hydrogens is 373 g/mol. The molecule has 0 atom stereocenters. The topological polar surface area (TPSA) is 103 Å². The van der Waals surface area contributed by atoms with E-state index in [2.05, 4.69) is 32.6 Å². The average Bonchev–Trinajstić information content (AvgIpc) is 3.31. The van der Waals surface area contributed by atoms with Crippen LogP contribution in [0, 0.1) is 17.7 Å². The summed E-state index contributed by atoms with van der Waals surface area (Å²) in [4.78, 5) is 16.4. The minimum atomic E-state index is -0.628. The van der Waals surface area contributed by atoms with E-state index in [0.717, 1.165) is 31.4 Å². The van der Waals surface area contributed by atoms with Gasteiger partial charge < -0.3 is 20.9 Å². The molecule has 9 heteroatoms. The molecule has 3 aromatic rings. The number of aromatic nitrogens is 4. The fraction of sp³-hybridized carbons (Fsp3) is 0.350. The SMILES string of the molecule is CNc1c(C(N)=O)c(C#Cc2cc3ncn(C4CC4)c3cc2F)nn1C1CNC1. The number of benzene rings is 1. The van der Waals surface area contributed by atoms with E-state index >= 15 is 0 Å². The number of amides is 1. The first-order valence-electron chi connectivity index (χ1n) is 9.55. The summed E-state index contributed by atoms with van der Waals surface area (Å²) in [5.74, 6) is 5.11. The summed E-state index contributed by atoms with van der Waals surface area (Å²) in [5, 5.41) is 10.6. The Bertz CT molecular complexity index is 1190. The number of carbonyl (C=O) groups excluding carboxylic acids is 1. The monoisotopic (exact) mass is 393 g/mol. The molecule has 1 saturated heterocycles. The van der Waals surface area contributed by atoms with Crippen LogP contribution in [0.25, 0.3) is 11.0 Å². The standard InChI is InChI=1S/C20H20FN7O/c1-23-20-18(19(22)29)15(26-28(20)13-8-24-9-13)5-2-11-6-16-17(7-14(11)21)27(10-25-16)12-3-4-12/h6-7,10,12-13,23-24H,3-4,8-9H2,1H3,(H2,22,29). The van der Waals surface area contributed by atoms with Gasteiger partial charge in [-0.1, -0.05) is 5.92 Å². The van der Waals surface area contributed by atoms with E-state index in [1.54, 1.807) is 24.1 Å². The molecule has 29 heavy (non-hydrogen) atoms. The van der Waals surface area contributed by atoms with Crippen LogP contribution in [0.3, 0.4) is 0 Å². The molecule has 148 valence electrons. The quantitative estimate of drug-likeness (QED) is 0.582. The summed E-state index contributed by atoms with van der Waals surface area (Å²) in [6.45, 7) is 1.49. The predicted octanol–water partition coefficient (Wildman–Crippen LogP) is 1.39. The van der Waals surface area contributed by atoms with E-state index in [0.29, 0.717) is 17.4 Å². The highest BCUT2D eigenvalue weighted by molar-refractivity contribution is 6.00. The lowest BCUT2D eigenvalue weighted by Crippen LogP contribution is -2.44. The normalized spacial score (nSPS) is 16.3. The van der Waals surface area contributed by atoms with Crippen molar-refractivity contribution in [1.29, 1.82) is 0 Å². The van der Waals surface area contributed by atoms with Gasteiger partial charge in [0.25, 0.3) is 5.91 Å². The second kappa shape index (κ2) is 6.60. The first kappa shape index (κ1) is 17.7. The van der Waals surface area contributed by atoms with Gasteiger partial charge >= 0.3 is 0 Å². The molecule has 0 bridgehead atoms. The van der Waals surface area contributed by atoms with Crippen molar-refractivity contribution in [3.05, 3.63) is 41.1 Å². The largest absolute Gasteiger partial charge is 0.373 e. The summed E-state index contributed by atoms with van der Waals surface area (Å²) < 4.78 is 18.4. The van der Waals surface area contributed by atoms with E-state index in [-0.39, 0.29) is 22.9 Å². The van der Waals surface area contributed by atoms with Crippen molar-refractivity contribution >= 4 is 22.8 Å². The van der Waals surface area contributed by atoms with E-state index in [1.165, 1.54) is 6.07 Å². The van der Waals surface area contributed by atoms with Crippen LogP contribution in [0.5, 0.6) is 0 Å². The maximum absolute atomic E-state index is 14.7. The lowest BCUT2D eigenvalue weighted by Gasteiger charge is -2.28. The Hall–Kier alpha value is -3.38. The number of primary amides is 1. The maximum atomic E-state index is 14.7. The van der Waals surface area contributed by atoms with Crippen LogP contribution in [-0.4, -0.2) is 45.4 Å². The molecule has 1 amide bonds. The summed E-state index contributed by atoms with van der Waals surface area (Å²) in [5.41, 5.74) is 7.69. The van der Waals surface area contributed by atoms with Gasteiger partial charge in [-0.2, -0.15) is 5.10 Å². The summed E-state index contributed by atoms with van der Waals surface area (Å²) in [6, 6.07) is 3.63. The smallest absolute Gasteiger partial charge is 0.255 e. The van der Waals surface area contributed by atoms with Gasteiger partial charge in [-0.3, -0.25) is 4.79 Å². The van der Waals surface area contributed by atoms with Crippen molar-refractivity contribution in [2.75, 3.05) is 25.5 Å². The lowest BCUT2D eigenvalue weighted by atomic mass is 10.1. The van der Waals surface area contributed by atoms with Gasteiger partial charge in [-0.15, -0.1) is 0 Å². The van der Waals surface area contributed by atoms with E-state index in [4.69, 9.17) is 5.73 Å². The van der Waals surface area contributed by atoms with Crippen molar-refractivity contribution in [2.24, 2.45) is 5.73 Å². The van der Waals surface area contributed by atoms with Gasteiger partial charge in [0.15, 0.2) is 5.69 Å². The zero-order valence-corrected chi connectivity index (χ0v) is 15.9. The van der Waals surface area contributed by atoms with Gasteiger partial charge in [0.05, 0.1) is 29.0 Å². The third-order valence-corrected chi connectivity index (χ3v) is 5.42. The second-order valence-electron chi connectivity index (χ2n) is 7.40. The highest BCUT2D eigenvalue weighted by atomic mass is 19.1. The predicted molar refractivity (Wildman–Crippen MR) is 106 cm³/mol. The van der Waals surface area contributed by atoms with Crippen LogP contribution in [-0.2, 0) is 0 Å². The molecule has 5 rings (SSSR count). The molecule has 1 aliphatic carbocycles. The molecule has 2 aromatic heterocycles. The van der Waals surface area contributed by atoms with Gasteiger partial charge in [0, 0.05) is 32.2 Å². The first-order valence-corrected chi connectivity index (χ1v) is 9.55. The molecule has 2 fully saturated rings. The van der Waals surface area contributed by atoms with Gasteiger partial charge in [0.2, 0.25) is 0 Å². The number of nitrogens with zero attached hydrogens (tertiary/aromatic N) is 4. The number of hydrogen-bond donors (Lipinski definition) is 3. The molecule has 0 spiro atoms. The van der Waals surface area contributed by atoms with E-state index in [1.807, 2.05) is 4.57 Å². The Labute approximate surface area is 166 Å². The minimum absolute atomic E-state index is 0.116. The molecule has 1 aliphatic heterocycles. The second-order valence-corrected chi connectivity index (χ2v) is 7.40. The number of anilines is 1.